The highest BCUT2D eigenvalue weighted by Crippen LogP contribution is 2.28. The van der Waals surface area contributed by atoms with Crippen LogP contribution in [0.5, 0.6) is 0 Å². The highest BCUT2D eigenvalue weighted by molar-refractivity contribution is 5.93. The molecule has 0 saturated carbocycles. The van der Waals surface area contributed by atoms with E-state index < -0.39 is 0 Å². The molecular formula is C25H25N5. The van der Waals surface area contributed by atoms with Crippen molar-refractivity contribution < 1.29 is 0 Å². The molecular weight excluding hydrogens is 370 g/mol. The zero-order valence-corrected chi connectivity index (χ0v) is 17.2. The van der Waals surface area contributed by atoms with E-state index in [0.29, 0.717) is 0 Å². The number of pyridine rings is 1. The molecule has 150 valence electrons. The maximum Gasteiger partial charge on any atom is 0.159 e. The van der Waals surface area contributed by atoms with Crippen LogP contribution in [0.2, 0.25) is 0 Å². The van der Waals surface area contributed by atoms with Crippen molar-refractivity contribution in [3.63, 3.8) is 0 Å². The Morgan fingerprint density at radius 3 is 2.13 bits per heavy atom. The Hall–Kier alpha value is -3.47. The van der Waals surface area contributed by atoms with Gasteiger partial charge in [-0.05, 0) is 36.8 Å². The highest BCUT2D eigenvalue weighted by atomic mass is 15.3. The van der Waals surface area contributed by atoms with Gasteiger partial charge in [0.1, 0.15) is 0 Å². The summed E-state index contributed by atoms with van der Waals surface area (Å²) in [6, 6.07) is 21.4. The zero-order valence-electron chi connectivity index (χ0n) is 17.2. The predicted octanol–water partition coefficient (Wildman–Crippen LogP) is 4.25. The molecule has 1 saturated heterocycles. The van der Waals surface area contributed by atoms with Gasteiger partial charge >= 0.3 is 0 Å². The largest absolute Gasteiger partial charge is 0.368 e. The monoisotopic (exact) mass is 395 g/mol. The third-order valence-corrected chi connectivity index (χ3v) is 5.84. The van der Waals surface area contributed by atoms with Gasteiger partial charge in [0.15, 0.2) is 5.82 Å². The third kappa shape index (κ3) is 3.71. The maximum absolute atomic E-state index is 4.68. The lowest BCUT2D eigenvalue weighted by molar-refractivity contribution is 0.645. The van der Waals surface area contributed by atoms with Crippen LogP contribution in [0.3, 0.4) is 0 Å². The first-order chi connectivity index (χ1) is 14.8. The maximum atomic E-state index is 4.68. The van der Waals surface area contributed by atoms with Gasteiger partial charge in [-0.2, -0.15) is 5.10 Å². The molecule has 5 nitrogen and oxygen atoms in total. The first-order valence-electron chi connectivity index (χ1n) is 10.5. The number of hydrogen-bond donors (Lipinski definition) is 0. The molecule has 1 fully saturated rings. The molecule has 30 heavy (non-hydrogen) atoms. The minimum Gasteiger partial charge on any atom is -0.368 e. The summed E-state index contributed by atoms with van der Waals surface area (Å²) in [5, 5.41) is 11.7. The summed E-state index contributed by atoms with van der Waals surface area (Å²) in [4.78, 5) is 8.93. The number of aromatic nitrogens is 3. The fourth-order valence-corrected chi connectivity index (χ4v) is 4.14. The molecule has 0 radical (unpaired) electrons. The Bertz CT molecular complexity index is 1130. The number of nitrogens with zero attached hydrogens (tertiary/aromatic N) is 5. The average Bonchev–Trinajstić information content (AvgIpc) is 2.81. The Morgan fingerprint density at radius 2 is 1.40 bits per heavy atom. The second-order valence-electron chi connectivity index (χ2n) is 7.86. The van der Waals surface area contributed by atoms with Crippen LogP contribution in [0, 0.1) is 6.92 Å². The molecule has 1 aliphatic heterocycles. The molecule has 5 rings (SSSR count). The van der Waals surface area contributed by atoms with Crippen molar-refractivity contribution in [1.82, 2.24) is 15.2 Å². The van der Waals surface area contributed by atoms with Crippen LogP contribution in [-0.4, -0.2) is 41.4 Å². The summed E-state index contributed by atoms with van der Waals surface area (Å²) in [7, 11) is 0. The van der Waals surface area contributed by atoms with E-state index in [0.717, 1.165) is 44.1 Å². The average molecular weight is 396 g/mol. The molecule has 5 heteroatoms. The van der Waals surface area contributed by atoms with Crippen molar-refractivity contribution in [2.45, 2.75) is 13.3 Å². The van der Waals surface area contributed by atoms with Crippen molar-refractivity contribution in [2.24, 2.45) is 0 Å². The number of hydrogen-bond acceptors (Lipinski definition) is 5. The van der Waals surface area contributed by atoms with Gasteiger partial charge in [0, 0.05) is 61.5 Å². The molecule has 2 aromatic heterocycles. The Morgan fingerprint density at radius 1 is 0.733 bits per heavy atom. The molecule has 0 unspecified atom stereocenters. The van der Waals surface area contributed by atoms with E-state index in [1.54, 1.807) is 0 Å². The van der Waals surface area contributed by atoms with Crippen molar-refractivity contribution >= 4 is 22.3 Å². The molecule has 0 N–H and O–H groups in total. The fraction of sp³-hybridized carbons (Fsp3) is 0.240. The topological polar surface area (TPSA) is 45.2 Å². The van der Waals surface area contributed by atoms with E-state index >= 15 is 0 Å². The van der Waals surface area contributed by atoms with Crippen LogP contribution >= 0.6 is 0 Å². The lowest BCUT2D eigenvalue weighted by Gasteiger charge is -2.37. The minimum absolute atomic E-state index is 0.761. The van der Waals surface area contributed by atoms with Gasteiger partial charge in [-0.3, -0.25) is 4.98 Å². The van der Waals surface area contributed by atoms with Gasteiger partial charge in [0.05, 0.1) is 5.69 Å². The van der Waals surface area contributed by atoms with Crippen LogP contribution in [0.15, 0.2) is 73.1 Å². The van der Waals surface area contributed by atoms with E-state index in [1.807, 2.05) is 24.5 Å². The van der Waals surface area contributed by atoms with Gasteiger partial charge in [-0.15, -0.1) is 5.10 Å². The normalized spacial score (nSPS) is 14.3. The van der Waals surface area contributed by atoms with Crippen molar-refractivity contribution in [2.75, 3.05) is 36.0 Å². The molecule has 2 aromatic carbocycles. The van der Waals surface area contributed by atoms with E-state index in [1.165, 1.54) is 27.6 Å². The number of rotatable bonds is 4. The van der Waals surface area contributed by atoms with Crippen LogP contribution in [0.4, 0.5) is 11.5 Å². The lowest BCUT2D eigenvalue weighted by Crippen LogP contribution is -2.47. The SMILES string of the molecule is Cc1ccc(N2CCN(c3nnc(Cc4ccncc4)c4ccccc34)CC2)cc1. The number of aryl methyl sites for hydroxylation is 1. The number of benzene rings is 2. The zero-order chi connectivity index (χ0) is 20.3. The molecule has 4 aromatic rings. The van der Waals surface area contributed by atoms with Crippen molar-refractivity contribution in [3.8, 4) is 0 Å². The lowest BCUT2D eigenvalue weighted by atomic mass is 10.0. The van der Waals surface area contributed by atoms with E-state index in [-0.39, 0.29) is 0 Å². The van der Waals surface area contributed by atoms with Crippen molar-refractivity contribution in [3.05, 3.63) is 89.9 Å². The van der Waals surface area contributed by atoms with Gasteiger partial charge in [-0.25, -0.2) is 0 Å². The number of piperazine rings is 1. The molecule has 3 heterocycles. The summed E-state index contributed by atoms with van der Waals surface area (Å²) in [5.74, 6) is 0.993. The molecule has 0 atom stereocenters. The Labute approximate surface area is 177 Å². The summed E-state index contributed by atoms with van der Waals surface area (Å²) in [6.07, 6.45) is 4.41. The molecule has 0 bridgehead atoms. The molecule has 0 aliphatic carbocycles. The summed E-state index contributed by atoms with van der Waals surface area (Å²) in [5.41, 5.74) is 4.80. The third-order valence-electron chi connectivity index (χ3n) is 5.84. The van der Waals surface area contributed by atoms with Crippen LogP contribution in [0.25, 0.3) is 10.8 Å². The van der Waals surface area contributed by atoms with Gasteiger partial charge in [0.25, 0.3) is 0 Å². The summed E-state index contributed by atoms with van der Waals surface area (Å²) in [6.45, 7) is 5.98. The van der Waals surface area contributed by atoms with Crippen molar-refractivity contribution in [1.29, 1.82) is 0 Å². The van der Waals surface area contributed by atoms with Crippen LogP contribution < -0.4 is 9.80 Å². The van der Waals surface area contributed by atoms with E-state index in [9.17, 15) is 0 Å². The Kier molecular flexibility index (Phi) is 5.01. The number of anilines is 2. The minimum atomic E-state index is 0.761. The smallest absolute Gasteiger partial charge is 0.159 e. The quantitative estimate of drug-likeness (QED) is 0.517. The van der Waals surface area contributed by atoms with Crippen LogP contribution in [-0.2, 0) is 6.42 Å². The first kappa shape index (κ1) is 18.6. The Balaban J connectivity index is 1.39. The first-order valence-corrected chi connectivity index (χ1v) is 10.5. The second kappa shape index (κ2) is 8.11. The second-order valence-corrected chi connectivity index (χ2v) is 7.86. The molecule has 1 aliphatic rings. The molecule has 0 amide bonds. The van der Waals surface area contributed by atoms with Gasteiger partial charge < -0.3 is 9.80 Å². The standard InChI is InChI=1S/C25H25N5/c1-19-6-8-21(9-7-19)29-14-16-30(17-15-29)25-23-5-3-2-4-22(23)24(27-28-25)18-20-10-12-26-13-11-20/h2-13H,14-18H2,1H3. The fourth-order valence-electron chi connectivity index (χ4n) is 4.14. The number of fused-ring (bicyclic) bond motifs is 1. The van der Waals surface area contributed by atoms with Crippen LogP contribution in [0.1, 0.15) is 16.8 Å². The summed E-state index contributed by atoms with van der Waals surface area (Å²) < 4.78 is 0. The van der Waals surface area contributed by atoms with Gasteiger partial charge in [0.2, 0.25) is 0 Å². The van der Waals surface area contributed by atoms with Gasteiger partial charge in [-0.1, -0.05) is 42.0 Å². The van der Waals surface area contributed by atoms with E-state index in [4.69, 9.17) is 0 Å². The summed E-state index contributed by atoms with van der Waals surface area (Å²) >= 11 is 0. The predicted molar refractivity (Wildman–Crippen MR) is 122 cm³/mol. The highest BCUT2D eigenvalue weighted by Gasteiger charge is 2.21. The van der Waals surface area contributed by atoms with E-state index in [2.05, 4.69) is 80.4 Å². The molecule has 0 spiro atoms.